The number of benzene rings is 1. The van der Waals surface area contributed by atoms with E-state index in [1.54, 1.807) is 6.08 Å². The van der Waals surface area contributed by atoms with Crippen molar-refractivity contribution in [2.24, 2.45) is 0 Å². The smallest absolute Gasteiger partial charge is 0.339 e. The molecule has 4 heteroatoms. The summed E-state index contributed by atoms with van der Waals surface area (Å²) in [7, 11) is 1.36. The van der Waals surface area contributed by atoms with Crippen LogP contribution in [-0.4, -0.2) is 31.9 Å². The lowest BCUT2D eigenvalue weighted by molar-refractivity contribution is -0.157. The molecule has 0 unspecified atom stereocenters. The Morgan fingerprint density at radius 2 is 2.16 bits per heavy atom. The van der Waals surface area contributed by atoms with Gasteiger partial charge in [-0.1, -0.05) is 36.4 Å². The number of hydrogen-bond donors (Lipinski definition) is 0. The molecule has 0 saturated heterocycles. The molecule has 2 rings (SSSR count). The van der Waals surface area contributed by atoms with E-state index in [1.807, 2.05) is 36.4 Å². The summed E-state index contributed by atoms with van der Waals surface area (Å²) in [4.78, 5) is 11.4. The maximum atomic E-state index is 11.4. The van der Waals surface area contributed by atoms with Gasteiger partial charge in [-0.3, -0.25) is 0 Å². The second kappa shape index (κ2) is 7.07. The molecule has 0 saturated carbocycles. The molecule has 0 N–H and O–H groups in total. The van der Waals surface area contributed by atoms with Crippen molar-refractivity contribution in [3.63, 3.8) is 0 Å². The zero-order valence-electron chi connectivity index (χ0n) is 11.0. The van der Waals surface area contributed by atoms with Crippen LogP contribution in [0.3, 0.4) is 0 Å². The highest BCUT2D eigenvalue weighted by Crippen LogP contribution is 2.14. The standard InChI is InChI=1S/C15H18O4/c1-17-15(16)14-9-5-8-13(19-14)11-18-10-12-6-3-2-4-7-12/h2-7,9,13-14H,8,10-11H2,1H3/t13-,14+/m0/s1. The van der Waals surface area contributed by atoms with Gasteiger partial charge in [0.1, 0.15) is 0 Å². The average Bonchev–Trinajstić information content (AvgIpc) is 2.48. The Balaban J connectivity index is 1.75. The minimum atomic E-state index is -0.607. The third-order valence-electron chi connectivity index (χ3n) is 2.90. The molecule has 0 aromatic heterocycles. The van der Waals surface area contributed by atoms with Gasteiger partial charge in [-0.2, -0.15) is 0 Å². The molecule has 1 aromatic rings. The first-order chi connectivity index (χ1) is 9.29. The summed E-state index contributed by atoms with van der Waals surface area (Å²) in [5, 5.41) is 0. The topological polar surface area (TPSA) is 44.8 Å². The molecule has 0 amide bonds. The highest BCUT2D eigenvalue weighted by molar-refractivity contribution is 5.76. The van der Waals surface area contributed by atoms with Gasteiger partial charge < -0.3 is 14.2 Å². The molecule has 4 nitrogen and oxygen atoms in total. The molecule has 2 atom stereocenters. The Bertz CT molecular complexity index is 427. The monoisotopic (exact) mass is 262 g/mol. The van der Waals surface area contributed by atoms with E-state index in [9.17, 15) is 4.79 Å². The number of esters is 1. The van der Waals surface area contributed by atoms with E-state index in [2.05, 4.69) is 4.74 Å². The largest absolute Gasteiger partial charge is 0.467 e. The second-order valence-corrected chi connectivity index (χ2v) is 4.37. The summed E-state index contributed by atoms with van der Waals surface area (Å²) in [6.45, 7) is 1.01. The highest BCUT2D eigenvalue weighted by Gasteiger charge is 2.24. The van der Waals surface area contributed by atoms with Crippen LogP contribution in [0.5, 0.6) is 0 Å². The highest BCUT2D eigenvalue weighted by atomic mass is 16.6. The number of carbonyl (C=O) groups excluding carboxylic acids is 1. The third-order valence-corrected chi connectivity index (χ3v) is 2.90. The molecular formula is C15H18O4. The lowest BCUT2D eigenvalue weighted by Crippen LogP contribution is -2.33. The molecule has 0 spiro atoms. The predicted octanol–water partition coefficient (Wildman–Crippen LogP) is 2.09. The van der Waals surface area contributed by atoms with Crippen molar-refractivity contribution in [2.75, 3.05) is 13.7 Å². The van der Waals surface area contributed by atoms with E-state index in [1.165, 1.54) is 7.11 Å². The number of ether oxygens (including phenoxy) is 3. The van der Waals surface area contributed by atoms with Crippen LogP contribution in [0.15, 0.2) is 42.5 Å². The molecule has 1 heterocycles. The van der Waals surface area contributed by atoms with Crippen molar-refractivity contribution in [2.45, 2.75) is 25.2 Å². The number of hydrogen-bond acceptors (Lipinski definition) is 4. The molecule has 0 bridgehead atoms. The number of methoxy groups -OCH3 is 1. The minimum absolute atomic E-state index is 0.0992. The van der Waals surface area contributed by atoms with E-state index in [0.717, 1.165) is 12.0 Å². The van der Waals surface area contributed by atoms with Crippen molar-refractivity contribution in [3.05, 3.63) is 48.0 Å². The van der Waals surface area contributed by atoms with Gasteiger partial charge in [0, 0.05) is 0 Å². The van der Waals surface area contributed by atoms with Crippen LogP contribution in [-0.2, 0) is 25.6 Å². The Morgan fingerprint density at radius 3 is 2.89 bits per heavy atom. The van der Waals surface area contributed by atoms with Gasteiger partial charge in [-0.25, -0.2) is 4.79 Å². The second-order valence-electron chi connectivity index (χ2n) is 4.37. The summed E-state index contributed by atoms with van der Waals surface area (Å²) in [5.41, 5.74) is 1.12. The number of carbonyl (C=O) groups is 1. The van der Waals surface area contributed by atoms with Gasteiger partial charge in [0.15, 0.2) is 6.10 Å². The maximum Gasteiger partial charge on any atom is 0.339 e. The molecule has 1 aromatic carbocycles. The first-order valence-electron chi connectivity index (χ1n) is 6.31. The Kier molecular flexibility index (Phi) is 5.12. The Morgan fingerprint density at radius 1 is 1.37 bits per heavy atom. The van der Waals surface area contributed by atoms with Crippen molar-refractivity contribution in [1.29, 1.82) is 0 Å². The van der Waals surface area contributed by atoms with Crippen LogP contribution in [0, 0.1) is 0 Å². The summed E-state index contributed by atoms with van der Waals surface area (Å²) >= 11 is 0. The Hall–Kier alpha value is -1.65. The van der Waals surface area contributed by atoms with E-state index >= 15 is 0 Å². The first-order valence-corrected chi connectivity index (χ1v) is 6.31. The lowest BCUT2D eigenvalue weighted by atomic mass is 10.1. The van der Waals surface area contributed by atoms with Crippen LogP contribution >= 0.6 is 0 Å². The molecule has 1 aliphatic heterocycles. The summed E-state index contributed by atoms with van der Waals surface area (Å²) in [5.74, 6) is -0.371. The van der Waals surface area contributed by atoms with E-state index in [-0.39, 0.29) is 12.1 Å². The minimum Gasteiger partial charge on any atom is -0.467 e. The fraction of sp³-hybridized carbons (Fsp3) is 0.400. The summed E-state index contributed by atoms with van der Waals surface area (Å²) in [6, 6.07) is 9.95. The molecule has 1 aliphatic rings. The maximum absolute atomic E-state index is 11.4. The predicted molar refractivity (Wildman–Crippen MR) is 70.5 cm³/mol. The number of rotatable bonds is 5. The van der Waals surface area contributed by atoms with Gasteiger partial charge in [0.2, 0.25) is 0 Å². The first kappa shape index (κ1) is 13.8. The van der Waals surface area contributed by atoms with E-state index in [0.29, 0.717) is 13.2 Å². The molecule has 19 heavy (non-hydrogen) atoms. The van der Waals surface area contributed by atoms with E-state index in [4.69, 9.17) is 9.47 Å². The zero-order chi connectivity index (χ0) is 13.5. The molecule has 0 aliphatic carbocycles. The summed E-state index contributed by atoms with van der Waals surface area (Å²) < 4.78 is 15.9. The summed E-state index contributed by atoms with van der Waals surface area (Å²) in [6.07, 6.45) is 3.70. The van der Waals surface area contributed by atoms with Crippen LogP contribution in [0.2, 0.25) is 0 Å². The molecule has 0 fully saturated rings. The van der Waals surface area contributed by atoms with Crippen molar-refractivity contribution in [3.8, 4) is 0 Å². The fourth-order valence-corrected chi connectivity index (χ4v) is 1.90. The van der Waals surface area contributed by atoms with Crippen LogP contribution in [0.1, 0.15) is 12.0 Å². The average molecular weight is 262 g/mol. The van der Waals surface area contributed by atoms with Gasteiger partial charge in [0.05, 0.1) is 26.4 Å². The van der Waals surface area contributed by atoms with Crippen LogP contribution in [0.25, 0.3) is 0 Å². The van der Waals surface area contributed by atoms with Crippen molar-refractivity contribution >= 4 is 5.97 Å². The third kappa shape index (κ3) is 4.19. The van der Waals surface area contributed by atoms with Crippen LogP contribution in [0.4, 0.5) is 0 Å². The fourth-order valence-electron chi connectivity index (χ4n) is 1.90. The quantitative estimate of drug-likeness (QED) is 0.602. The SMILES string of the molecule is COC(=O)[C@H]1C=CC[C@@H](COCc2ccccc2)O1. The van der Waals surface area contributed by atoms with Gasteiger partial charge in [0.25, 0.3) is 0 Å². The molecule has 102 valence electrons. The lowest BCUT2D eigenvalue weighted by Gasteiger charge is -2.24. The van der Waals surface area contributed by atoms with E-state index < -0.39 is 6.10 Å². The van der Waals surface area contributed by atoms with Gasteiger partial charge in [-0.05, 0) is 18.1 Å². The molecule has 0 radical (unpaired) electrons. The normalized spacial score (nSPS) is 22.2. The van der Waals surface area contributed by atoms with Gasteiger partial charge in [-0.15, -0.1) is 0 Å². The Labute approximate surface area is 113 Å². The van der Waals surface area contributed by atoms with Crippen molar-refractivity contribution in [1.82, 2.24) is 0 Å². The van der Waals surface area contributed by atoms with Crippen LogP contribution < -0.4 is 0 Å². The van der Waals surface area contributed by atoms with Crippen molar-refractivity contribution < 1.29 is 19.0 Å². The van der Waals surface area contributed by atoms with Gasteiger partial charge >= 0.3 is 5.97 Å². The molecular weight excluding hydrogens is 244 g/mol. The zero-order valence-corrected chi connectivity index (χ0v) is 11.0.